The summed E-state index contributed by atoms with van der Waals surface area (Å²) in [4.78, 5) is 13.0. The van der Waals surface area contributed by atoms with Crippen LogP contribution in [0.25, 0.3) is 0 Å². The van der Waals surface area contributed by atoms with Gasteiger partial charge in [-0.05, 0) is 26.7 Å². The minimum absolute atomic E-state index is 0.300. The van der Waals surface area contributed by atoms with Crippen LogP contribution in [0, 0.1) is 0 Å². The van der Waals surface area contributed by atoms with Crippen molar-refractivity contribution in [3.63, 3.8) is 0 Å². The second kappa shape index (κ2) is 4.46. The first kappa shape index (κ1) is 10.3. The molecule has 1 heterocycles. The molecule has 1 N–H and O–H groups in total. The normalized spacial score (nSPS) is 21.3. The van der Waals surface area contributed by atoms with Crippen LogP contribution in [0.4, 0.5) is 4.79 Å². The lowest BCUT2D eigenvalue weighted by Gasteiger charge is -2.20. The lowest BCUT2D eigenvalue weighted by molar-refractivity contribution is 0.00823. The summed E-state index contributed by atoms with van der Waals surface area (Å²) in [5.74, 6) is 0. The summed E-state index contributed by atoms with van der Waals surface area (Å²) < 4.78 is 5.03. The molecule has 1 saturated heterocycles. The zero-order chi connectivity index (χ0) is 9.84. The highest BCUT2D eigenvalue weighted by molar-refractivity contribution is 5.68. The van der Waals surface area contributed by atoms with Crippen LogP contribution in [0.1, 0.15) is 26.7 Å². The van der Waals surface area contributed by atoms with Crippen molar-refractivity contribution in [3.05, 3.63) is 0 Å². The van der Waals surface area contributed by atoms with Gasteiger partial charge in [0.1, 0.15) is 6.10 Å². The van der Waals surface area contributed by atoms with Crippen LogP contribution < -0.4 is 0 Å². The highest BCUT2D eigenvalue weighted by atomic mass is 16.6. The molecule has 13 heavy (non-hydrogen) atoms. The van der Waals surface area contributed by atoms with Crippen molar-refractivity contribution < 1.29 is 14.6 Å². The van der Waals surface area contributed by atoms with Crippen LogP contribution in [0.2, 0.25) is 0 Å². The maximum atomic E-state index is 11.4. The van der Waals surface area contributed by atoms with E-state index in [2.05, 4.69) is 0 Å². The summed E-state index contributed by atoms with van der Waals surface area (Å²) in [7, 11) is 0. The molecule has 1 fully saturated rings. The van der Waals surface area contributed by atoms with Gasteiger partial charge in [0.2, 0.25) is 0 Å². The molecule has 0 saturated carbocycles. The largest absolute Gasteiger partial charge is 0.444 e. The van der Waals surface area contributed by atoms with Gasteiger partial charge in [0.15, 0.2) is 0 Å². The molecular weight excluding hydrogens is 170 g/mol. The second-order valence-corrected chi connectivity index (χ2v) is 3.52. The number of likely N-dealkylation sites (tertiary alicyclic amines) is 1. The molecule has 0 aromatic rings. The van der Waals surface area contributed by atoms with Gasteiger partial charge < -0.3 is 14.7 Å². The number of hydrogen-bond donors (Lipinski definition) is 1. The third kappa shape index (κ3) is 2.88. The number of aliphatic hydroxyl groups is 1. The third-order valence-corrected chi connectivity index (χ3v) is 2.33. The fourth-order valence-corrected chi connectivity index (χ4v) is 1.23. The summed E-state index contributed by atoms with van der Waals surface area (Å²) >= 11 is 0. The first-order valence-corrected chi connectivity index (χ1v) is 4.75. The molecule has 1 aliphatic rings. The monoisotopic (exact) mass is 187 g/mol. The van der Waals surface area contributed by atoms with Crippen molar-refractivity contribution in [1.82, 2.24) is 4.90 Å². The van der Waals surface area contributed by atoms with E-state index in [-0.39, 0.29) is 6.09 Å². The highest BCUT2D eigenvalue weighted by Gasteiger charge is 2.22. The number of hydrogen-bond acceptors (Lipinski definition) is 3. The number of nitrogens with zero attached hydrogens (tertiary/aromatic N) is 1. The van der Waals surface area contributed by atoms with E-state index in [0.717, 1.165) is 25.9 Å². The summed E-state index contributed by atoms with van der Waals surface area (Å²) in [6.07, 6.45) is 0.779. The van der Waals surface area contributed by atoms with E-state index < -0.39 is 12.2 Å². The van der Waals surface area contributed by atoms with E-state index in [1.165, 1.54) is 0 Å². The Bertz CT molecular complexity index is 176. The maximum absolute atomic E-state index is 11.4. The maximum Gasteiger partial charge on any atom is 0.410 e. The van der Waals surface area contributed by atoms with Gasteiger partial charge in [-0.1, -0.05) is 0 Å². The van der Waals surface area contributed by atoms with Crippen molar-refractivity contribution in [2.75, 3.05) is 13.1 Å². The van der Waals surface area contributed by atoms with E-state index in [0.29, 0.717) is 0 Å². The Hall–Kier alpha value is -0.770. The van der Waals surface area contributed by atoms with E-state index in [9.17, 15) is 4.79 Å². The van der Waals surface area contributed by atoms with Crippen molar-refractivity contribution >= 4 is 6.09 Å². The van der Waals surface area contributed by atoms with Crippen LogP contribution in [0.15, 0.2) is 0 Å². The molecule has 1 amide bonds. The molecule has 4 nitrogen and oxygen atoms in total. The molecule has 1 aliphatic heterocycles. The number of carbonyl (C=O) groups excluding carboxylic acids is 1. The molecule has 76 valence electrons. The summed E-state index contributed by atoms with van der Waals surface area (Å²) in [5, 5.41) is 9.12. The molecule has 0 bridgehead atoms. The Labute approximate surface area is 78.5 Å². The number of amides is 1. The molecule has 0 aromatic carbocycles. The van der Waals surface area contributed by atoms with Crippen LogP contribution in [0.5, 0.6) is 0 Å². The van der Waals surface area contributed by atoms with Crippen LogP contribution >= 0.6 is 0 Å². The quantitative estimate of drug-likeness (QED) is 0.701. The van der Waals surface area contributed by atoms with Gasteiger partial charge in [-0.25, -0.2) is 4.79 Å². The van der Waals surface area contributed by atoms with Gasteiger partial charge in [-0.2, -0.15) is 0 Å². The van der Waals surface area contributed by atoms with Crippen molar-refractivity contribution in [2.45, 2.75) is 38.9 Å². The number of carbonyl (C=O) groups is 1. The predicted octanol–water partition coefficient (Wildman–Crippen LogP) is 0.988. The Morgan fingerprint density at radius 1 is 1.38 bits per heavy atom. The van der Waals surface area contributed by atoms with Gasteiger partial charge in [0, 0.05) is 13.1 Å². The SMILES string of the molecule is C[C@H](O)[C@@H](C)OC(=O)N1CCCC1. The van der Waals surface area contributed by atoms with Gasteiger partial charge in [-0.3, -0.25) is 0 Å². The molecule has 4 heteroatoms. The molecule has 2 atom stereocenters. The Kier molecular flexibility index (Phi) is 3.54. The van der Waals surface area contributed by atoms with Crippen LogP contribution in [-0.4, -0.2) is 41.4 Å². The molecular formula is C9H17NO3. The van der Waals surface area contributed by atoms with Gasteiger partial charge >= 0.3 is 6.09 Å². The molecule has 0 radical (unpaired) electrons. The first-order chi connectivity index (χ1) is 6.11. The number of rotatable bonds is 2. The smallest absolute Gasteiger partial charge is 0.410 e. The van der Waals surface area contributed by atoms with E-state index >= 15 is 0 Å². The lowest BCUT2D eigenvalue weighted by Crippen LogP contribution is -2.34. The third-order valence-electron chi connectivity index (χ3n) is 2.33. The predicted molar refractivity (Wildman–Crippen MR) is 48.4 cm³/mol. The minimum Gasteiger partial charge on any atom is -0.444 e. The number of aliphatic hydroxyl groups excluding tert-OH is 1. The standard InChI is InChI=1S/C9H17NO3/c1-7(11)8(2)13-9(12)10-5-3-4-6-10/h7-8,11H,3-6H2,1-2H3/t7-,8+/m0/s1. The Morgan fingerprint density at radius 2 is 1.92 bits per heavy atom. The molecule has 1 rings (SSSR count). The fourth-order valence-electron chi connectivity index (χ4n) is 1.23. The number of ether oxygens (including phenoxy) is 1. The van der Waals surface area contributed by atoms with Crippen molar-refractivity contribution in [2.24, 2.45) is 0 Å². The van der Waals surface area contributed by atoms with Gasteiger partial charge in [-0.15, -0.1) is 0 Å². The minimum atomic E-state index is -0.605. The van der Waals surface area contributed by atoms with Gasteiger partial charge in [0.25, 0.3) is 0 Å². The average molecular weight is 187 g/mol. The van der Waals surface area contributed by atoms with Gasteiger partial charge in [0.05, 0.1) is 6.10 Å². The zero-order valence-electron chi connectivity index (χ0n) is 8.19. The molecule has 0 spiro atoms. The topological polar surface area (TPSA) is 49.8 Å². The Balaban J connectivity index is 2.31. The summed E-state index contributed by atoms with van der Waals surface area (Å²) in [6, 6.07) is 0. The first-order valence-electron chi connectivity index (χ1n) is 4.75. The molecule has 0 aromatic heterocycles. The zero-order valence-corrected chi connectivity index (χ0v) is 8.19. The highest BCUT2D eigenvalue weighted by Crippen LogP contribution is 2.10. The second-order valence-electron chi connectivity index (χ2n) is 3.52. The lowest BCUT2D eigenvalue weighted by atomic mass is 10.3. The molecule has 0 unspecified atom stereocenters. The molecule has 0 aliphatic carbocycles. The fraction of sp³-hybridized carbons (Fsp3) is 0.889. The van der Waals surface area contributed by atoms with Crippen molar-refractivity contribution in [1.29, 1.82) is 0 Å². The summed E-state index contributed by atoms with van der Waals surface area (Å²) in [6.45, 7) is 4.87. The van der Waals surface area contributed by atoms with Crippen LogP contribution in [-0.2, 0) is 4.74 Å². The van der Waals surface area contributed by atoms with Crippen molar-refractivity contribution in [3.8, 4) is 0 Å². The summed E-state index contributed by atoms with van der Waals surface area (Å²) in [5.41, 5.74) is 0. The Morgan fingerprint density at radius 3 is 2.38 bits per heavy atom. The van der Waals surface area contributed by atoms with E-state index in [1.807, 2.05) is 0 Å². The van der Waals surface area contributed by atoms with E-state index in [4.69, 9.17) is 9.84 Å². The average Bonchev–Trinajstić information content (AvgIpc) is 2.55. The van der Waals surface area contributed by atoms with Crippen LogP contribution in [0.3, 0.4) is 0 Å². The van der Waals surface area contributed by atoms with E-state index in [1.54, 1.807) is 18.7 Å².